The predicted octanol–water partition coefficient (Wildman–Crippen LogP) is 3.67. The van der Waals surface area contributed by atoms with Gasteiger partial charge >= 0.3 is 0 Å². The fraction of sp³-hybridized carbons (Fsp3) is 0.263. The number of hydrogen-bond acceptors (Lipinski definition) is 6. The zero-order chi connectivity index (χ0) is 18.1. The molecule has 26 heavy (non-hydrogen) atoms. The number of methoxy groups -OCH3 is 1. The summed E-state index contributed by atoms with van der Waals surface area (Å²) in [7, 11) is 1.60. The van der Waals surface area contributed by atoms with Crippen molar-refractivity contribution in [2.24, 2.45) is 0 Å². The SMILES string of the molecule is COc1ccccc1-c1nnc(CN2CC(C)Oc3cc(F)ccc32)o1. The molecule has 1 unspecified atom stereocenters. The summed E-state index contributed by atoms with van der Waals surface area (Å²) in [6.07, 6.45) is -0.0686. The number of halogens is 1. The highest BCUT2D eigenvalue weighted by atomic mass is 19.1. The van der Waals surface area contributed by atoms with Crippen LogP contribution >= 0.6 is 0 Å². The van der Waals surface area contributed by atoms with E-state index in [1.54, 1.807) is 13.2 Å². The lowest BCUT2D eigenvalue weighted by atomic mass is 10.2. The van der Waals surface area contributed by atoms with E-state index in [4.69, 9.17) is 13.9 Å². The predicted molar refractivity (Wildman–Crippen MR) is 93.8 cm³/mol. The van der Waals surface area contributed by atoms with Crippen molar-refractivity contribution in [3.05, 3.63) is 54.2 Å². The number of fused-ring (bicyclic) bond motifs is 1. The number of ether oxygens (including phenoxy) is 2. The van der Waals surface area contributed by atoms with E-state index in [1.165, 1.54) is 12.1 Å². The van der Waals surface area contributed by atoms with E-state index in [-0.39, 0.29) is 11.9 Å². The molecule has 0 fully saturated rings. The molecule has 0 radical (unpaired) electrons. The van der Waals surface area contributed by atoms with E-state index < -0.39 is 0 Å². The Morgan fingerprint density at radius 2 is 2.08 bits per heavy atom. The molecule has 2 aromatic carbocycles. The summed E-state index contributed by atoms with van der Waals surface area (Å²) in [5.74, 6) is 1.74. The molecule has 0 bridgehead atoms. The minimum absolute atomic E-state index is 0.0686. The van der Waals surface area contributed by atoms with Crippen LogP contribution < -0.4 is 14.4 Å². The summed E-state index contributed by atoms with van der Waals surface area (Å²) in [4.78, 5) is 2.04. The molecule has 3 aromatic rings. The summed E-state index contributed by atoms with van der Waals surface area (Å²) in [6, 6.07) is 12.0. The first kappa shape index (κ1) is 16.4. The molecule has 1 aromatic heterocycles. The maximum atomic E-state index is 13.5. The Kier molecular flexibility index (Phi) is 4.20. The second kappa shape index (κ2) is 6.67. The van der Waals surface area contributed by atoms with Crippen molar-refractivity contribution < 1.29 is 18.3 Å². The van der Waals surface area contributed by atoms with Gasteiger partial charge in [-0.2, -0.15) is 0 Å². The van der Waals surface area contributed by atoms with E-state index in [1.807, 2.05) is 36.1 Å². The summed E-state index contributed by atoms with van der Waals surface area (Å²) in [5.41, 5.74) is 1.55. The van der Waals surface area contributed by atoms with Crippen LogP contribution in [0.3, 0.4) is 0 Å². The largest absolute Gasteiger partial charge is 0.496 e. The zero-order valence-corrected chi connectivity index (χ0v) is 14.5. The Labute approximate surface area is 150 Å². The fourth-order valence-electron chi connectivity index (χ4n) is 3.07. The Hall–Kier alpha value is -3.09. The van der Waals surface area contributed by atoms with Gasteiger partial charge in [-0.25, -0.2) is 4.39 Å². The molecule has 7 heteroatoms. The topological polar surface area (TPSA) is 60.6 Å². The highest BCUT2D eigenvalue weighted by molar-refractivity contribution is 5.62. The van der Waals surface area contributed by atoms with Crippen LogP contribution in [0.2, 0.25) is 0 Å². The highest BCUT2D eigenvalue weighted by Gasteiger charge is 2.25. The van der Waals surface area contributed by atoms with Gasteiger partial charge < -0.3 is 18.8 Å². The standard InChI is InChI=1S/C19H18FN3O3/c1-12-10-23(15-8-7-13(20)9-17(15)25-12)11-18-21-22-19(26-18)14-5-3-4-6-16(14)24-2/h3-9,12H,10-11H2,1-2H3. The molecule has 0 aliphatic carbocycles. The van der Waals surface area contributed by atoms with Crippen LogP contribution in [0.25, 0.3) is 11.5 Å². The Morgan fingerprint density at radius 1 is 1.23 bits per heavy atom. The lowest BCUT2D eigenvalue weighted by Crippen LogP contribution is -2.38. The third-order valence-electron chi connectivity index (χ3n) is 4.20. The van der Waals surface area contributed by atoms with Gasteiger partial charge in [-0.15, -0.1) is 10.2 Å². The Balaban J connectivity index is 1.60. The van der Waals surface area contributed by atoms with E-state index in [0.717, 1.165) is 11.3 Å². The van der Waals surface area contributed by atoms with Gasteiger partial charge in [0.25, 0.3) is 5.89 Å². The van der Waals surface area contributed by atoms with Crippen LogP contribution in [0.4, 0.5) is 10.1 Å². The number of para-hydroxylation sites is 1. The first-order valence-electron chi connectivity index (χ1n) is 8.31. The normalized spacial score (nSPS) is 16.1. The van der Waals surface area contributed by atoms with Crippen molar-refractivity contribution in [1.29, 1.82) is 0 Å². The first-order valence-corrected chi connectivity index (χ1v) is 8.31. The summed E-state index contributed by atoms with van der Waals surface area (Å²) >= 11 is 0. The van der Waals surface area contributed by atoms with E-state index >= 15 is 0 Å². The molecule has 1 atom stereocenters. The number of rotatable bonds is 4. The van der Waals surface area contributed by atoms with Crippen molar-refractivity contribution in [2.75, 3.05) is 18.6 Å². The number of aromatic nitrogens is 2. The van der Waals surface area contributed by atoms with Crippen LogP contribution in [-0.4, -0.2) is 30.0 Å². The van der Waals surface area contributed by atoms with Gasteiger partial charge in [0.15, 0.2) is 0 Å². The second-order valence-corrected chi connectivity index (χ2v) is 6.12. The van der Waals surface area contributed by atoms with Crippen LogP contribution in [-0.2, 0) is 6.54 Å². The third kappa shape index (κ3) is 3.08. The molecule has 1 aliphatic rings. The monoisotopic (exact) mass is 355 g/mol. The van der Waals surface area contributed by atoms with E-state index in [0.29, 0.717) is 36.4 Å². The molecule has 0 saturated carbocycles. The molecule has 0 saturated heterocycles. The minimum atomic E-state index is -0.325. The third-order valence-corrected chi connectivity index (χ3v) is 4.20. The Morgan fingerprint density at radius 3 is 2.92 bits per heavy atom. The minimum Gasteiger partial charge on any atom is -0.496 e. The van der Waals surface area contributed by atoms with Crippen molar-refractivity contribution in [1.82, 2.24) is 10.2 Å². The van der Waals surface area contributed by atoms with Gasteiger partial charge in [0.1, 0.15) is 23.4 Å². The fourth-order valence-corrected chi connectivity index (χ4v) is 3.07. The van der Waals surface area contributed by atoms with Crippen molar-refractivity contribution in [2.45, 2.75) is 19.6 Å². The molecule has 6 nitrogen and oxygen atoms in total. The van der Waals surface area contributed by atoms with Crippen molar-refractivity contribution >= 4 is 5.69 Å². The first-order chi connectivity index (χ1) is 12.6. The molecule has 0 amide bonds. The molecule has 0 spiro atoms. The maximum Gasteiger partial charge on any atom is 0.251 e. The van der Waals surface area contributed by atoms with Gasteiger partial charge in [-0.1, -0.05) is 12.1 Å². The van der Waals surface area contributed by atoms with E-state index in [9.17, 15) is 4.39 Å². The van der Waals surface area contributed by atoms with Gasteiger partial charge in [0.2, 0.25) is 5.89 Å². The number of anilines is 1. The summed E-state index contributed by atoms with van der Waals surface area (Å²) < 4.78 is 30.4. The molecule has 1 aliphatic heterocycles. The molecule has 2 heterocycles. The summed E-state index contributed by atoms with van der Waals surface area (Å²) in [6.45, 7) is 2.99. The molecule has 134 valence electrons. The quantitative estimate of drug-likeness (QED) is 0.712. The number of nitrogens with zero attached hydrogens (tertiary/aromatic N) is 3. The second-order valence-electron chi connectivity index (χ2n) is 6.12. The number of hydrogen-bond donors (Lipinski definition) is 0. The van der Waals surface area contributed by atoms with E-state index in [2.05, 4.69) is 10.2 Å². The van der Waals surface area contributed by atoms with Gasteiger partial charge in [-0.05, 0) is 31.2 Å². The van der Waals surface area contributed by atoms with Gasteiger partial charge in [0.05, 0.1) is 31.5 Å². The van der Waals surface area contributed by atoms with Crippen LogP contribution in [0.5, 0.6) is 11.5 Å². The average Bonchev–Trinajstić information content (AvgIpc) is 3.09. The van der Waals surface area contributed by atoms with Gasteiger partial charge in [-0.3, -0.25) is 0 Å². The highest BCUT2D eigenvalue weighted by Crippen LogP contribution is 2.35. The van der Waals surface area contributed by atoms with Crippen LogP contribution in [0.15, 0.2) is 46.9 Å². The molecule has 4 rings (SSSR count). The lowest BCUT2D eigenvalue weighted by Gasteiger charge is -2.34. The number of benzene rings is 2. The van der Waals surface area contributed by atoms with Crippen molar-refractivity contribution in [3.8, 4) is 23.0 Å². The van der Waals surface area contributed by atoms with Crippen molar-refractivity contribution in [3.63, 3.8) is 0 Å². The lowest BCUT2D eigenvalue weighted by molar-refractivity contribution is 0.210. The molecular formula is C19H18FN3O3. The molecular weight excluding hydrogens is 337 g/mol. The zero-order valence-electron chi connectivity index (χ0n) is 14.5. The van der Waals surface area contributed by atoms with Crippen LogP contribution in [0, 0.1) is 5.82 Å². The maximum absolute atomic E-state index is 13.5. The summed E-state index contributed by atoms with van der Waals surface area (Å²) in [5, 5.41) is 8.28. The smallest absolute Gasteiger partial charge is 0.251 e. The van der Waals surface area contributed by atoms with Crippen LogP contribution in [0.1, 0.15) is 12.8 Å². The Bertz CT molecular complexity index is 928. The average molecular weight is 355 g/mol. The molecule has 0 N–H and O–H groups in total. The van der Waals surface area contributed by atoms with Gasteiger partial charge in [0, 0.05) is 6.07 Å².